The van der Waals surface area contributed by atoms with Crippen molar-refractivity contribution in [3.05, 3.63) is 72.1 Å². The number of H-pyrrole nitrogens is 2. The predicted octanol–water partition coefficient (Wildman–Crippen LogP) is 4.33. The summed E-state index contributed by atoms with van der Waals surface area (Å²) in [5.74, 6) is 0.337. The van der Waals surface area contributed by atoms with Gasteiger partial charge < -0.3 is 9.72 Å². The molecule has 4 aromatic rings. The van der Waals surface area contributed by atoms with Crippen molar-refractivity contribution in [1.29, 1.82) is 0 Å². The number of ether oxygens (including phenoxy) is 1. The number of nitrogens with zero attached hydrogens (tertiary/aromatic N) is 1. The third-order valence-electron chi connectivity index (χ3n) is 4.60. The second-order valence-corrected chi connectivity index (χ2v) is 8.38. The summed E-state index contributed by atoms with van der Waals surface area (Å²) in [4.78, 5) is 3.01. The number of nitrogens with one attached hydrogen (secondary N) is 3. The van der Waals surface area contributed by atoms with Gasteiger partial charge in [0.1, 0.15) is 5.75 Å². The first-order chi connectivity index (χ1) is 14.7. The Kier molecular flexibility index (Phi) is 5.36. The fourth-order valence-electron chi connectivity index (χ4n) is 3.03. The highest BCUT2D eigenvalue weighted by Crippen LogP contribution is 2.30. The van der Waals surface area contributed by atoms with E-state index in [-0.39, 0.29) is 11.6 Å². The van der Waals surface area contributed by atoms with Gasteiger partial charge in [-0.3, -0.25) is 9.82 Å². The molecule has 0 radical (unpaired) electrons. The molecular formula is C20H17F3N4O3S. The first kappa shape index (κ1) is 20.8. The van der Waals surface area contributed by atoms with E-state index in [0.29, 0.717) is 23.2 Å². The number of fused-ring (bicyclic) bond motifs is 1. The molecule has 0 aliphatic heterocycles. The lowest BCUT2D eigenvalue weighted by molar-refractivity contribution is -0.137. The first-order valence-corrected chi connectivity index (χ1v) is 10.6. The maximum Gasteiger partial charge on any atom is 0.416 e. The molecule has 0 aliphatic rings. The van der Waals surface area contributed by atoms with E-state index >= 15 is 0 Å². The van der Waals surface area contributed by atoms with Gasteiger partial charge in [0.05, 0.1) is 24.1 Å². The average Bonchev–Trinajstić information content (AvgIpc) is 3.39. The van der Waals surface area contributed by atoms with E-state index < -0.39 is 21.8 Å². The number of aromatic amines is 2. The van der Waals surface area contributed by atoms with E-state index in [4.69, 9.17) is 4.74 Å². The van der Waals surface area contributed by atoms with Gasteiger partial charge >= 0.3 is 6.18 Å². The molecule has 2 heterocycles. The lowest BCUT2D eigenvalue weighted by atomic mass is 10.1. The highest BCUT2D eigenvalue weighted by atomic mass is 32.2. The summed E-state index contributed by atoms with van der Waals surface area (Å²) in [6.45, 7) is 0.247. The fraction of sp³-hybridized carbons (Fsp3) is 0.150. The molecule has 2 aromatic carbocycles. The Morgan fingerprint density at radius 1 is 1.06 bits per heavy atom. The summed E-state index contributed by atoms with van der Waals surface area (Å²) in [5, 5.41) is 6.69. The SMILES string of the molecule is O=S(=O)(Nc1c[nH]c2ccc(CCOc3ccc(C(F)(F)F)cc3)cc12)c1ccn[nH]1. The van der Waals surface area contributed by atoms with E-state index in [0.717, 1.165) is 23.2 Å². The Balaban J connectivity index is 1.44. The highest BCUT2D eigenvalue weighted by Gasteiger charge is 2.30. The van der Waals surface area contributed by atoms with Crippen LogP contribution in [0.4, 0.5) is 18.9 Å². The van der Waals surface area contributed by atoms with Crippen molar-refractivity contribution >= 4 is 26.6 Å². The Bertz CT molecular complexity index is 1280. The minimum atomic E-state index is -4.39. The van der Waals surface area contributed by atoms with Gasteiger partial charge in [0, 0.05) is 23.5 Å². The number of hydrogen-bond donors (Lipinski definition) is 3. The second-order valence-electron chi connectivity index (χ2n) is 6.73. The normalized spacial score (nSPS) is 12.2. The van der Waals surface area contributed by atoms with Crippen molar-refractivity contribution in [3.8, 4) is 5.75 Å². The minimum Gasteiger partial charge on any atom is -0.493 e. The van der Waals surface area contributed by atoms with Crippen LogP contribution in [-0.4, -0.2) is 30.2 Å². The molecule has 4 rings (SSSR count). The summed E-state index contributed by atoms with van der Waals surface area (Å²) < 4.78 is 70.7. The van der Waals surface area contributed by atoms with Crippen LogP contribution in [0.15, 0.2) is 66.0 Å². The maximum atomic E-state index is 12.6. The van der Waals surface area contributed by atoms with Crippen molar-refractivity contribution in [2.75, 3.05) is 11.3 Å². The minimum absolute atomic E-state index is 0.0528. The van der Waals surface area contributed by atoms with E-state index in [1.54, 1.807) is 6.20 Å². The Morgan fingerprint density at radius 3 is 2.52 bits per heavy atom. The van der Waals surface area contributed by atoms with Crippen molar-refractivity contribution in [2.45, 2.75) is 17.6 Å². The van der Waals surface area contributed by atoms with Crippen molar-refractivity contribution in [2.24, 2.45) is 0 Å². The van der Waals surface area contributed by atoms with Crippen LogP contribution in [0.25, 0.3) is 10.9 Å². The van der Waals surface area contributed by atoms with E-state index in [2.05, 4.69) is 19.9 Å². The number of sulfonamides is 1. The summed E-state index contributed by atoms with van der Waals surface area (Å²) in [6.07, 6.45) is -1.00. The number of hydrogen-bond acceptors (Lipinski definition) is 4. The molecule has 0 saturated carbocycles. The van der Waals surface area contributed by atoms with Gasteiger partial charge in [-0.15, -0.1) is 0 Å². The molecule has 31 heavy (non-hydrogen) atoms. The Labute approximate surface area is 175 Å². The van der Waals surface area contributed by atoms with E-state index in [1.807, 2.05) is 18.2 Å². The smallest absolute Gasteiger partial charge is 0.416 e. The summed E-state index contributed by atoms with van der Waals surface area (Å²) in [5.41, 5.74) is 1.27. The molecule has 0 atom stereocenters. The standard InChI is InChI=1S/C20H17F3N4O3S/c21-20(22,23)14-2-4-15(5-3-14)30-10-8-13-1-6-17-16(11-13)18(12-24-17)27-31(28,29)19-7-9-25-26-19/h1-7,9,11-12,24,27H,8,10H2,(H,25,26). The van der Waals surface area contributed by atoms with Crippen LogP contribution in [0.2, 0.25) is 0 Å². The van der Waals surface area contributed by atoms with E-state index in [1.165, 1.54) is 24.4 Å². The zero-order valence-electron chi connectivity index (χ0n) is 15.9. The van der Waals surface area contributed by atoms with Gasteiger partial charge in [-0.05, 0) is 48.0 Å². The fourth-order valence-corrected chi connectivity index (χ4v) is 4.01. The van der Waals surface area contributed by atoms with Crippen molar-refractivity contribution in [3.63, 3.8) is 0 Å². The highest BCUT2D eigenvalue weighted by molar-refractivity contribution is 7.92. The zero-order chi connectivity index (χ0) is 22.1. The molecule has 2 aromatic heterocycles. The van der Waals surface area contributed by atoms with Crippen LogP contribution < -0.4 is 9.46 Å². The molecule has 0 amide bonds. The molecule has 0 unspecified atom stereocenters. The van der Waals surface area contributed by atoms with Crippen LogP contribution in [0.1, 0.15) is 11.1 Å². The molecule has 7 nitrogen and oxygen atoms in total. The molecule has 3 N–H and O–H groups in total. The first-order valence-electron chi connectivity index (χ1n) is 9.15. The van der Waals surface area contributed by atoms with Gasteiger partial charge in [0.25, 0.3) is 10.0 Å². The van der Waals surface area contributed by atoms with Crippen LogP contribution in [0, 0.1) is 0 Å². The number of alkyl halides is 3. The molecular weight excluding hydrogens is 433 g/mol. The average molecular weight is 450 g/mol. The Morgan fingerprint density at radius 2 is 1.84 bits per heavy atom. The van der Waals surface area contributed by atoms with Crippen LogP contribution in [0.3, 0.4) is 0 Å². The van der Waals surface area contributed by atoms with Gasteiger partial charge in [-0.1, -0.05) is 6.07 Å². The maximum absolute atomic E-state index is 12.6. The van der Waals surface area contributed by atoms with Gasteiger partial charge in [-0.25, -0.2) is 0 Å². The van der Waals surface area contributed by atoms with Gasteiger partial charge in [0.15, 0.2) is 5.03 Å². The molecule has 0 fully saturated rings. The molecule has 0 saturated heterocycles. The lowest BCUT2D eigenvalue weighted by Gasteiger charge is -2.10. The summed E-state index contributed by atoms with van der Waals surface area (Å²) in [6, 6.07) is 11.4. The molecule has 0 spiro atoms. The van der Waals surface area contributed by atoms with E-state index in [9.17, 15) is 21.6 Å². The molecule has 11 heteroatoms. The number of aromatic nitrogens is 3. The topological polar surface area (TPSA) is 99.9 Å². The third-order valence-corrected chi connectivity index (χ3v) is 5.89. The largest absolute Gasteiger partial charge is 0.493 e. The number of rotatable bonds is 7. The predicted molar refractivity (Wildman–Crippen MR) is 108 cm³/mol. The Hall–Kier alpha value is -3.47. The van der Waals surface area contributed by atoms with Crippen molar-refractivity contribution < 1.29 is 26.3 Å². The second kappa shape index (κ2) is 7.99. The summed E-state index contributed by atoms with van der Waals surface area (Å²) in [7, 11) is -3.80. The van der Waals surface area contributed by atoms with Crippen molar-refractivity contribution in [1.82, 2.24) is 15.2 Å². The van der Waals surface area contributed by atoms with Gasteiger partial charge in [-0.2, -0.15) is 26.7 Å². The summed E-state index contributed by atoms with van der Waals surface area (Å²) >= 11 is 0. The number of anilines is 1. The van der Waals surface area contributed by atoms with Crippen LogP contribution in [-0.2, 0) is 22.6 Å². The monoisotopic (exact) mass is 450 g/mol. The molecule has 162 valence electrons. The third kappa shape index (κ3) is 4.66. The van der Waals surface area contributed by atoms with Gasteiger partial charge in [0.2, 0.25) is 0 Å². The number of halogens is 3. The van der Waals surface area contributed by atoms with Crippen LogP contribution in [0.5, 0.6) is 5.75 Å². The molecule has 0 bridgehead atoms. The lowest BCUT2D eigenvalue weighted by Crippen LogP contribution is -2.13. The molecule has 0 aliphatic carbocycles. The quantitative estimate of drug-likeness (QED) is 0.390. The zero-order valence-corrected chi connectivity index (χ0v) is 16.7. The number of benzene rings is 2. The van der Waals surface area contributed by atoms with Crippen LogP contribution >= 0.6 is 0 Å².